The van der Waals surface area contributed by atoms with Crippen LogP contribution in [0.3, 0.4) is 0 Å². The molecule has 0 aliphatic carbocycles. The van der Waals surface area contributed by atoms with E-state index in [1.165, 1.54) is 13.8 Å². The Hall–Kier alpha value is -0.883. The average molecular weight is 248 g/mol. The lowest BCUT2D eigenvalue weighted by molar-refractivity contribution is -0.148. The van der Waals surface area contributed by atoms with Crippen LogP contribution < -0.4 is 0 Å². The van der Waals surface area contributed by atoms with Gasteiger partial charge >= 0.3 is 11.9 Å². The van der Waals surface area contributed by atoms with Crippen molar-refractivity contribution in [1.82, 2.24) is 0 Å². The minimum absolute atomic E-state index is 0.118. The Morgan fingerprint density at radius 1 is 1.00 bits per heavy atom. The molecule has 0 aliphatic heterocycles. The van der Waals surface area contributed by atoms with Gasteiger partial charge in [-0.15, -0.1) is 0 Å². The summed E-state index contributed by atoms with van der Waals surface area (Å²) >= 11 is 0. The summed E-state index contributed by atoms with van der Waals surface area (Å²) in [6.07, 6.45) is -0.375. The minimum atomic E-state index is -1.75. The number of ether oxygens (including phenoxy) is 2. The summed E-state index contributed by atoms with van der Waals surface area (Å²) in [6.45, 7) is 8.94. The number of carbonyl (C=O) groups excluding carboxylic acids is 2. The Balaban J connectivity index is 4.15. The molecule has 0 aromatic heterocycles. The van der Waals surface area contributed by atoms with Crippen molar-refractivity contribution in [3.63, 3.8) is 0 Å². The molecule has 0 spiro atoms. The number of hydrogen-bond donors (Lipinski definition) is 0. The Labute approximate surface area is 97.2 Å². The molecular weight excluding hydrogens is 228 g/mol. The van der Waals surface area contributed by atoms with Gasteiger partial charge in [-0.2, -0.15) is 0 Å². The fourth-order valence-corrected chi connectivity index (χ4v) is 2.17. The normalized spacial score (nSPS) is 11.4. The van der Waals surface area contributed by atoms with Gasteiger partial charge in [-0.05, 0) is 19.6 Å². The maximum absolute atomic E-state index is 10.7. The largest absolute Gasteiger partial charge is 0.463 e. The summed E-state index contributed by atoms with van der Waals surface area (Å²) in [5.41, 5.74) is 0. The van der Waals surface area contributed by atoms with Gasteiger partial charge in [-0.1, -0.05) is 0 Å². The van der Waals surface area contributed by atoms with E-state index < -0.39 is 8.32 Å². The highest BCUT2D eigenvalue weighted by atomic mass is 28.4. The number of rotatable bonds is 6. The molecule has 0 bridgehead atoms. The molecule has 0 aromatic rings. The molecule has 0 unspecified atom stereocenters. The fraction of sp³-hybridized carbons (Fsp3) is 0.800. The molecule has 0 fully saturated rings. The van der Waals surface area contributed by atoms with Crippen LogP contribution in [-0.4, -0.2) is 39.6 Å². The lowest BCUT2D eigenvalue weighted by atomic mass is 10.4. The van der Waals surface area contributed by atoms with Gasteiger partial charge in [0, 0.05) is 13.8 Å². The van der Waals surface area contributed by atoms with E-state index in [1.54, 1.807) is 0 Å². The van der Waals surface area contributed by atoms with Crippen LogP contribution in [0.4, 0.5) is 0 Å². The van der Waals surface area contributed by atoms with Crippen molar-refractivity contribution in [2.45, 2.75) is 39.6 Å². The molecular formula is C10H20O5Si. The second-order valence-corrected chi connectivity index (χ2v) is 8.92. The van der Waals surface area contributed by atoms with Crippen molar-refractivity contribution < 1.29 is 23.5 Å². The van der Waals surface area contributed by atoms with Crippen molar-refractivity contribution in [3.8, 4) is 0 Å². The summed E-state index contributed by atoms with van der Waals surface area (Å²) in [5, 5.41) is 0. The summed E-state index contributed by atoms with van der Waals surface area (Å²) < 4.78 is 15.4. The van der Waals surface area contributed by atoms with Crippen LogP contribution in [-0.2, 0) is 23.5 Å². The van der Waals surface area contributed by atoms with Crippen LogP contribution in [0, 0.1) is 0 Å². The highest BCUT2D eigenvalue weighted by molar-refractivity contribution is 6.69. The molecule has 0 amide bonds. The van der Waals surface area contributed by atoms with Gasteiger partial charge in [0.15, 0.2) is 8.32 Å². The highest BCUT2D eigenvalue weighted by Gasteiger charge is 2.22. The molecule has 0 N–H and O–H groups in total. The molecule has 0 aliphatic rings. The first-order valence-electron chi connectivity index (χ1n) is 5.15. The van der Waals surface area contributed by atoms with E-state index in [4.69, 9.17) is 13.9 Å². The zero-order chi connectivity index (χ0) is 12.8. The van der Waals surface area contributed by atoms with Gasteiger partial charge in [-0.25, -0.2) is 0 Å². The first-order chi connectivity index (χ1) is 7.20. The molecule has 0 radical (unpaired) electrons. The standard InChI is InChI=1S/C10H20O5Si/c1-8(11)13-6-10(7-14-9(2)12)15-16(3,4)5/h10H,6-7H2,1-5H3. The molecule has 0 rings (SSSR count). The molecule has 94 valence electrons. The second kappa shape index (κ2) is 6.65. The molecule has 6 heteroatoms. The highest BCUT2D eigenvalue weighted by Crippen LogP contribution is 2.08. The average Bonchev–Trinajstić information content (AvgIpc) is 2.07. The van der Waals surface area contributed by atoms with Crippen LogP contribution in [0.5, 0.6) is 0 Å². The summed E-state index contributed by atoms with van der Waals surface area (Å²) in [4.78, 5) is 21.4. The molecule has 0 aromatic carbocycles. The van der Waals surface area contributed by atoms with Crippen molar-refractivity contribution in [2.24, 2.45) is 0 Å². The van der Waals surface area contributed by atoms with E-state index >= 15 is 0 Å². The van der Waals surface area contributed by atoms with Crippen LogP contribution in [0.25, 0.3) is 0 Å². The smallest absolute Gasteiger partial charge is 0.302 e. The molecule has 0 atom stereocenters. The van der Waals surface area contributed by atoms with E-state index in [2.05, 4.69) is 0 Å². The second-order valence-electron chi connectivity index (χ2n) is 4.46. The summed E-state index contributed by atoms with van der Waals surface area (Å²) in [5.74, 6) is -0.737. The quantitative estimate of drug-likeness (QED) is 0.524. The Kier molecular flexibility index (Phi) is 6.28. The first kappa shape index (κ1) is 15.1. The van der Waals surface area contributed by atoms with Gasteiger partial charge in [0.1, 0.15) is 19.3 Å². The lowest BCUT2D eigenvalue weighted by Gasteiger charge is -2.25. The van der Waals surface area contributed by atoms with Crippen LogP contribution in [0.15, 0.2) is 0 Å². The van der Waals surface area contributed by atoms with Crippen LogP contribution in [0.1, 0.15) is 13.8 Å². The van der Waals surface area contributed by atoms with Gasteiger partial charge in [-0.3, -0.25) is 9.59 Å². The number of esters is 2. The van der Waals surface area contributed by atoms with Crippen molar-refractivity contribution in [2.75, 3.05) is 13.2 Å². The van der Waals surface area contributed by atoms with E-state index in [-0.39, 0.29) is 31.3 Å². The Bertz CT molecular complexity index is 228. The van der Waals surface area contributed by atoms with Crippen molar-refractivity contribution in [3.05, 3.63) is 0 Å². The van der Waals surface area contributed by atoms with Crippen molar-refractivity contribution in [1.29, 1.82) is 0 Å². The summed E-state index contributed by atoms with van der Waals surface area (Å²) in [7, 11) is -1.75. The molecule has 0 saturated heterocycles. The molecule has 0 saturated carbocycles. The Morgan fingerprint density at radius 3 is 1.62 bits per heavy atom. The van der Waals surface area contributed by atoms with Crippen LogP contribution >= 0.6 is 0 Å². The maximum Gasteiger partial charge on any atom is 0.302 e. The van der Waals surface area contributed by atoms with E-state index in [0.29, 0.717) is 0 Å². The fourth-order valence-electron chi connectivity index (χ4n) is 1.04. The molecule has 0 heterocycles. The van der Waals surface area contributed by atoms with Gasteiger partial charge in [0.25, 0.3) is 0 Å². The number of carbonyl (C=O) groups is 2. The topological polar surface area (TPSA) is 61.8 Å². The third-order valence-electron chi connectivity index (χ3n) is 1.47. The summed E-state index contributed by atoms with van der Waals surface area (Å²) in [6, 6.07) is 0. The third-order valence-corrected chi connectivity index (χ3v) is 2.51. The SMILES string of the molecule is CC(=O)OCC(COC(C)=O)O[Si](C)(C)C. The maximum atomic E-state index is 10.7. The van der Waals surface area contributed by atoms with E-state index in [9.17, 15) is 9.59 Å². The van der Waals surface area contributed by atoms with Crippen LogP contribution in [0.2, 0.25) is 19.6 Å². The first-order valence-corrected chi connectivity index (χ1v) is 8.56. The van der Waals surface area contributed by atoms with E-state index in [1.807, 2.05) is 19.6 Å². The monoisotopic (exact) mass is 248 g/mol. The zero-order valence-electron chi connectivity index (χ0n) is 10.5. The molecule has 5 nitrogen and oxygen atoms in total. The van der Waals surface area contributed by atoms with Gasteiger partial charge in [0.05, 0.1) is 0 Å². The zero-order valence-corrected chi connectivity index (χ0v) is 11.5. The Morgan fingerprint density at radius 2 is 1.38 bits per heavy atom. The predicted molar refractivity (Wildman–Crippen MR) is 61.5 cm³/mol. The van der Waals surface area contributed by atoms with Gasteiger partial charge < -0.3 is 13.9 Å². The third kappa shape index (κ3) is 9.66. The lowest BCUT2D eigenvalue weighted by Crippen LogP contribution is -2.38. The van der Waals surface area contributed by atoms with Gasteiger partial charge in [0.2, 0.25) is 0 Å². The minimum Gasteiger partial charge on any atom is -0.463 e. The van der Waals surface area contributed by atoms with Crippen molar-refractivity contribution >= 4 is 20.3 Å². The van der Waals surface area contributed by atoms with E-state index in [0.717, 1.165) is 0 Å². The molecule has 16 heavy (non-hydrogen) atoms. The predicted octanol–water partition coefficient (Wildman–Crippen LogP) is 1.33. The number of hydrogen-bond acceptors (Lipinski definition) is 5.